The third-order valence-corrected chi connectivity index (χ3v) is 3.15. The van der Waals surface area contributed by atoms with Crippen LogP contribution in [0.2, 0.25) is 0 Å². The van der Waals surface area contributed by atoms with E-state index >= 15 is 0 Å². The van der Waals surface area contributed by atoms with Gasteiger partial charge in [0.25, 0.3) is 0 Å². The Labute approximate surface area is 149 Å². The molecule has 1 aliphatic rings. The second-order valence-electron chi connectivity index (χ2n) is 4.07. The zero-order valence-corrected chi connectivity index (χ0v) is 15.1. The maximum absolute atomic E-state index is 6.01. The molecule has 0 aliphatic carbocycles. The van der Waals surface area contributed by atoms with E-state index in [1.165, 1.54) is 0 Å². The summed E-state index contributed by atoms with van der Waals surface area (Å²) in [5, 5.41) is 0.603. The van der Waals surface area contributed by atoms with Crippen LogP contribution in [-0.4, -0.2) is 25.9 Å². The Hall–Kier alpha value is -0.606. The van der Waals surface area contributed by atoms with Gasteiger partial charge in [0, 0.05) is 46.9 Å². The summed E-state index contributed by atoms with van der Waals surface area (Å²) < 4.78 is 10.2. The van der Waals surface area contributed by atoms with Crippen molar-refractivity contribution in [3.63, 3.8) is 0 Å². The third-order valence-electron chi connectivity index (χ3n) is 2.82. The first kappa shape index (κ1) is 17.4. The standard InChI is InChI=1S/C15H15ClNO2.Y/c1-11-14(16)8-9-15(17(11)2)12-4-6-13(7-5-12)19-10-18-3;/h4-8H,1,10H2,2-3H3;/q-1;. The van der Waals surface area contributed by atoms with Crippen LogP contribution in [0.5, 0.6) is 5.75 Å². The maximum atomic E-state index is 6.01. The first-order valence-electron chi connectivity index (χ1n) is 5.78. The number of methoxy groups -OCH3 is 1. The maximum Gasteiger partial charge on any atom is 0.188 e. The third kappa shape index (κ3) is 3.95. The van der Waals surface area contributed by atoms with Crippen molar-refractivity contribution < 1.29 is 42.2 Å². The molecule has 20 heavy (non-hydrogen) atoms. The Morgan fingerprint density at radius 1 is 1.30 bits per heavy atom. The zero-order valence-electron chi connectivity index (χ0n) is 11.5. The molecule has 1 aliphatic heterocycles. The Bertz CT molecular complexity index is 537. The number of hydrogen-bond acceptors (Lipinski definition) is 3. The van der Waals surface area contributed by atoms with E-state index in [0.717, 1.165) is 22.7 Å². The Balaban J connectivity index is 0.00000200. The van der Waals surface area contributed by atoms with Gasteiger partial charge in [-0.25, -0.2) is 0 Å². The minimum absolute atomic E-state index is 0. The van der Waals surface area contributed by atoms with E-state index < -0.39 is 0 Å². The molecule has 0 atom stereocenters. The van der Waals surface area contributed by atoms with E-state index in [-0.39, 0.29) is 39.5 Å². The molecule has 0 aromatic heterocycles. The number of rotatable bonds is 4. The van der Waals surface area contributed by atoms with Gasteiger partial charge in [-0.05, 0) is 22.9 Å². The molecule has 1 aromatic carbocycles. The van der Waals surface area contributed by atoms with Gasteiger partial charge in [-0.15, -0.1) is 12.1 Å². The second kappa shape index (κ2) is 7.99. The molecule has 103 valence electrons. The van der Waals surface area contributed by atoms with Crippen molar-refractivity contribution in [1.29, 1.82) is 0 Å². The average molecular weight is 366 g/mol. The van der Waals surface area contributed by atoms with Gasteiger partial charge in [0.2, 0.25) is 0 Å². The Kier molecular flexibility index (Phi) is 6.97. The van der Waals surface area contributed by atoms with Crippen molar-refractivity contribution in [1.82, 2.24) is 4.90 Å². The van der Waals surface area contributed by atoms with Crippen molar-refractivity contribution in [3.8, 4) is 5.75 Å². The molecule has 1 aromatic rings. The minimum Gasteiger partial charge on any atom is -0.468 e. The van der Waals surface area contributed by atoms with E-state index in [1.54, 1.807) is 13.2 Å². The van der Waals surface area contributed by atoms with Crippen LogP contribution < -0.4 is 4.74 Å². The first-order chi connectivity index (χ1) is 9.13. The summed E-state index contributed by atoms with van der Waals surface area (Å²) in [5.41, 5.74) is 2.71. The van der Waals surface area contributed by atoms with Gasteiger partial charge in [-0.1, -0.05) is 17.8 Å². The molecule has 0 spiro atoms. The monoisotopic (exact) mass is 365 g/mol. The van der Waals surface area contributed by atoms with E-state index in [0.29, 0.717) is 5.03 Å². The van der Waals surface area contributed by atoms with Crippen LogP contribution in [0, 0.1) is 6.08 Å². The summed E-state index contributed by atoms with van der Waals surface area (Å²) in [6.45, 7) is 4.17. The van der Waals surface area contributed by atoms with E-state index in [1.807, 2.05) is 36.2 Å². The molecular weight excluding hydrogens is 351 g/mol. The van der Waals surface area contributed by atoms with E-state index in [4.69, 9.17) is 21.1 Å². The van der Waals surface area contributed by atoms with Crippen molar-refractivity contribution in [3.05, 3.63) is 59.3 Å². The van der Waals surface area contributed by atoms with E-state index in [9.17, 15) is 0 Å². The topological polar surface area (TPSA) is 21.7 Å². The molecule has 1 heterocycles. The fraction of sp³-hybridized carbons (Fsp3) is 0.200. The molecule has 0 fully saturated rings. The zero-order chi connectivity index (χ0) is 13.8. The number of benzene rings is 1. The quantitative estimate of drug-likeness (QED) is 0.603. The van der Waals surface area contributed by atoms with Crippen molar-refractivity contribution in [2.45, 2.75) is 0 Å². The molecule has 3 nitrogen and oxygen atoms in total. The van der Waals surface area contributed by atoms with Crippen LogP contribution in [0.1, 0.15) is 5.56 Å². The van der Waals surface area contributed by atoms with Crippen molar-refractivity contribution in [2.24, 2.45) is 0 Å². The Morgan fingerprint density at radius 2 is 1.95 bits per heavy atom. The van der Waals surface area contributed by atoms with Crippen molar-refractivity contribution >= 4 is 17.3 Å². The van der Waals surface area contributed by atoms with Crippen LogP contribution >= 0.6 is 11.6 Å². The molecule has 0 amide bonds. The Morgan fingerprint density at radius 3 is 2.55 bits per heavy atom. The van der Waals surface area contributed by atoms with Crippen molar-refractivity contribution in [2.75, 3.05) is 21.0 Å². The predicted octanol–water partition coefficient (Wildman–Crippen LogP) is 3.39. The van der Waals surface area contributed by atoms with E-state index in [2.05, 4.69) is 12.7 Å². The molecule has 5 heteroatoms. The first-order valence-corrected chi connectivity index (χ1v) is 6.15. The van der Waals surface area contributed by atoms with Gasteiger partial charge in [0.1, 0.15) is 5.75 Å². The summed E-state index contributed by atoms with van der Waals surface area (Å²) in [7, 11) is 3.50. The predicted molar refractivity (Wildman–Crippen MR) is 76.4 cm³/mol. The second-order valence-corrected chi connectivity index (χ2v) is 4.47. The molecule has 1 radical (unpaired) electrons. The molecular formula is C15H15ClNO2Y-. The van der Waals surface area contributed by atoms with Gasteiger partial charge in [-0.2, -0.15) is 23.8 Å². The van der Waals surface area contributed by atoms with Crippen LogP contribution in [-0.2, 0) is 37.4 Å². The van der Waals surface area contributed by atoms with Gasteiger partial charge in [0.15, 0.2) is 6.79 Å². The number of likely N-dealkylation sites (N-methyl/N-ethyl adjacent to an activating group) is 1. The largest absolute Gasteiger partial charge is 0.468 e. The fourth-order valence-corrected chi connectivity index (χ4v) is 1.90. The van der Waals surface area contributed by atoms with Gasteiger partial charge in [0.05, 0.1) is 0 Å². The number of ether oxygens (including phenoxy) is 2. The molecule has 2 rings (SSSR count). The number of allylic oxidation sites excluding steroid dienone is 3. The molecule has 0 N–H and O–H groups in total. The SMILES string of the molecule is C=C1C(Cl)=C[C-]=C(c2ccc(OCOC)cc2)N1C.[Y]. The molecule has 0 saturated heterocycles. The van der Waals surface area contributed by atoms with Crippen LogP contribution in [0.15, 0.2) is 47.6 Å². The normalized spacial score (nSPS) is 14.3. The van der Waals surface area contributed by atoms with Crippen LogP contribution in [0.3, 0.4) is 0 Å². The van der Waals surface area contributed by atoms with Gasteiger partial charge >= 0.3 is 0 Å². The summed E-state index contributed by atoms with van der Waals surface area (Å²) in [6, 6.07) is 7.70. The molecule has 0 unspecified atom stereocenters. The summed E-state index contributed by atoms with van der Waals surface area (Å²) in [4.78, 5) is 1.91. The number of hydrogen-bond donors (Lipinski definition) is 0. The van der Waals surface area contributed by atoms with Crippen LogP contribution in [0.4, 0.5) is 0 Å². The van der Waals surface area contributed by atoms with Gasteiger partial charge < -0.3 is 14.4 Å². The summed E-state index contributed by atoms with van der Waals surface area (Å²) in [5.74, 6) is 0.761. The smallest absolute Gasteiger partial charge is 0.188 e. The molecule has 0 bridgehead atoms. The number of halogens is 1. The molecule has 0 saturated carbocycles. The summed E-state index contributed by atoms with van der Waals surface area (Å²) in [6.07, 6.45) is 4.88. The fourth-order valence-electron chi connectivity index (χ4n) is 1.72. The van der Waals surface area contributed by atoms with Gasteiger partial charge in [-0.3, -0.25) is 0 Å². The number of nitrogens with zero attached hydrogens (tertiary/aromatic N) is 1. The van der Waals surface area contributed by atoms with Crippen LogP contribution in [0.25, 0.3) is 5.70 Å². The minimum atomic E-state index is 0. The average Bonchev–Trinajstić information content (AvgIpc) is 2.44. The summed E-state index contributed by atoms with van der Waals surface area (Å²) >= 11 is 6.01.